The second-order valence-corrected chi connectivity index (χ2v) is 12.4. The van der Waals surface area contributed by atoms with Crippen LogP contribution in [0.15, 0.2) is 0 Å². The van der Waals surface area contributed by atoms with Crippen molar-refractivity contribution in [1.82, 2.24) is 0 Å². The van der Waals surface area contributed by atoms with Crippen LogP contribution in [0.2, 0.25) is 0 Å². The van der Waals surface area contributed by atoms with Crippen molar-refractivity contribution in [3.63, 3.8) is 0 Å². The highest BCUT2D eigenvalue weighted by molar-refractivity contribution is 5.46. The third-order valence-electron chi connectivity index (χ3n) is 9.54. The third kappa shape index (κ3) is 5.18. The molecule has 8 aliphatic rings. The van der Waals surface area contributed by atoms with Gasteiger partial charge in [-0.05, 0) is 195 Å². The van der Waals surface area contributed by atoms with Crippen LogP contribution in [0.25, 0.3) is 0 Å². The van der Waals surface area contributed by atoms with Gasteiger partial charge in [-0.15, -0.1) is 0 Å². The van der Waals surface area contributed by atoms with Gasteiger partial charge in [-0.3, -0.25) is 0 Å². The molecule has 36 heavy (non-hydrogen) atoms. The molecule has 0 unspecified atom stereocenters. The van der Waals surface area contributed by atoms with Crippen molar-refractivity contribution in [3.8, 4) is 94.7 Å². The van der Waals surface area contributed by atoms with Gasteiger partial charge in [-0.25, -0.2) is 0 Å². The first-order valence-electron chi connectivity index (χ1n) is 13.7. The van der Waals surface area contributed by atoms with Crippen molar-refractivity contribution in [2.45, 2.75) is 77.0 Å². The van der Waals surface area contributed by atoms with E-state index in [-0.39, 0.29) is 10.8 Å². The average Bonchev–Trinajstić information content (AvgIpc) is 2.82. The summed E-state index contributed by atoms with van der Waals surface area (Å²) in [5, 5.41) is 0. The molecule has 0 heteroatoms. The van der Waals surface area contributed by atoms with E-state index in [9.17, 15) is 0 Å². The average molecular weight is 463 g/mol. The molecule has 8 aliphatic carbocycles. The predicted octanol–water partition coefficient (Wildman–Crippen LogP) is 5.45. The van der Waals surface area contributed by atoms with E-state index in [0.717, 1.165) is 35.5 Å². The van der Waals surface area contributed by atoms with Crippen LogP contribution in [-0.2, 0) is 0 Å². The van der Waals surface area contributed by atoms with Crippen LogP contribution in [0.5, 0.6) is 0 Å². The van der Waals surface area contributed by atoms with E-state index in [0.29, 0.717) is 0 Å². The van der Waals surface area contributed by atoms with Crippen LogP contribution in [-0.4, -0.2) is 0 Å². The van der Waals surface area contributed by atoms with E-state index in [1.54, 1.807) is 0 Å². The first-order chi connectivity index (χ1) is 17.7. The van der Waals surface area contributed by atoms with Crippen LogP contribution < -0.4 is 0 Å². The minimum Gasteiger partial charge on any atom is -0.0822 e. The molecular weight excluding hydrogens is 432 g/mol. The van der Waals surface area contributed by atoms with Crippen molar-refractivity contribution in [2.24, 2.45) is 46.3 Å². The van der Waals surface area contributed by atoms with Crippen molar-refractivity contribution >= 4 is 0 Å². The molecular formula is C36H30. The van der Waals surface area contributed by atoms with E-state index in [4.69, 9.17) is 0 Å². The molecule has 0 aromatic heterocycles. The highest BCUT2D eigenvalue weighted by atomic mass is 14.5. The molecule has 8 rings (SSSR count). The predicted molar refractivity (Wildman–Crippen MR) is 143 cm³/mol. The van der Waals surface area contributed by atoms with Gasteiger partial charge in [0.25, 0.3) is 0 Å². The topological polar surface area (TPSA) is 0 Å². The van der Waals surface area contributed by atoms with E-state index in [2.05, 4.69) is 94.7 Å². The molecule has 8 fully saturated rings. The van der Waals surface area contributed by atoms with Crippen molar-refractivity contribution in [2.75, 3.05) is 0 Å². The Morgan fingerprint density at radius 2 is 0.472 bits per heavy atom. The SMILES string of the molecule is C(C#CC#CC#CC#CC12CC3CC(CC(C3)C1)C2)#CC#CC#CC#CC12CC3CC(CC(C3)C1)C2. The molecule has 0 spiro atoms. The van der Waals surface area contributed by atoms with Gasteiger partial charge in [0.05, 0.1) is 0 Å². The summed E-state index contributed by atoms with van der Waals surface area (Å²) >= 11 is 0. The van der Waals surface area contributed by atoms with Gasteiger partial charge >= 0.3 is 0 Å². The number of rotatable bonds is 0. The largest absolute Gasteiger partial charge is 0.0822 e. The fourth-order valence-electron chi connectivity index (χ4n) is 9.23. The first-order valence-corrected chi connectivity index (χ1v) is 13.7. The van der Waals surface area contributed by atoms with Crippen molar-refractivity contribution < 1.29 is 0 Å². The maximum absolute atomic E-state index is 3.52. The summed E-state index contributed by atoms with van der Waals surface area (Å²) < 4.78 is 0. The molecule has 0 atom stereocenters. The summed E-state index contributed by atoms with van der Waals surface area (Å²) in [6.45, 7) is 0. The summed E-state index contributed by atoms with van der Waals surface area (Å²) in [5.74, 6) is 51.7. The minimum atomic E-state index is 0.249. The molecule has 8 bridgehead atoms. The standard InChI is InChI=1S/C36H30/c1(3-5-7-9-11-13-15-35-23-29-17-30(24-35)19-31(18-29)25-35)2-4-6-8-10-12-14-16-36-26-32-20-33(27-36)22-34(21-32)28-36/h29-34H,17-28H2. The van der Waals surface area contributed by atoms with Crippen LogP contribution in [0.3, 0.4) is 0 Å². The second-order valence-electron chi connectivity index (χ2n) is 12.4. The quantitative estimate of drug-likeness (QED) is 0.420. The van der Waals surface area contributed by atoms with Crippen LogP contribution in [0, 0.1) is 141 Å². The van der Waals surface area contributed by atoms with Crippen LogP contribution in [0.1, 0.15) is 77.0 Å². The van der Waals surface area contributed by atoms with Crippen molar-refractivity contribution in [1.29, 1.82) is 0 Å². The molecule has 0 aliphatic heterocycles. The maximum Gasteiger partial charge on any atom is 0.0332 e. The molecule has 0 aromatic rings. The Hall–Kier alpha value is -3.52. The molecule has 0 N–H and O–H groups in total. The molecule has 8 saturated carbocycles. The van der Waals surface area contributed by atoms with Crippen LogP contribution >= 0.6 is 0 Å². The maximum atomic E-state index is 3.52. The molecule has 0 amide bonds. The van der Waals surface area contributed by atoms with Crippen LogP contribution in [0.4, 0.5) is 0 Å². The van der Waals surface area contributed by atoms with Gasteiger partial charge in [-0.1, -0.05) is 11.8 Å². The Morgan fingerprint density at radius 1 is 0.278 bits per heavy atom. The van der Waals surface area contributed by atoms with Gasteiger partial charge in [0.2, 0.25) is 0 Å². The Morgan fingerprint density at radius 3 is 0.694 bits per heavy atom. The van der Waals surface area contributed by atoms with Gasteiger partial charge < -0.3 is 0 Å². The summed E-state index contributed by atoms with van der Waals surface area (Å²) in [7, 11) is 0. The summed E-state index contributed by atoms with van der Waals surface area (Å²) in [4.78, 5) is 0. The Kier molecular flexibility index (Phi) is 6.27. The smallest absolute Gasteiger partial charge is 0.0332 e. The van der Waals surface area contributed by atoms with Crippen molar-refractivity contribution in [3.05, 3.63) is 0 Å². The van der Waals surface area contributed by atoms with E-state index >= 15 is 0 Å². The normalized spacial score (nSPS) is 38.4. The highest BCUT2D eigenvalue weighted by Crippen LogP contribution is 2.60. The first kappa shape index (κ1) is 22.9. The zero-order chi connectivity index (χ0) is 24.3. The molecule has 174 valence electrons. The van der Waals surface area contributed by atoms with E-state index in [1.807, 2.05) is 0 Å². The number of hydrogen-bond acceptors (Lipinski definition) is 0. The monoisotopic (exact) mass is 462 g/mol. The molecule has 0 aromatic carbocycles. The van der Waals surface area contributed by atoms with Gasteiger partial charge in [0.15, 0.2) is 0 Å². The number of hydrogen-bond donors (Lipinski definition) is 0. The van der Waals surface area contributed by atoms with Gasteiger partial charge in [0.1, 0.15) is 0 Å². The lowest BCUT2D eigenvalue weighted by Gasteiger charge is -2.54. The third-order valence-corrected chi connectivity index (χ3v) is 9.54. The zero-order valence-corrected chi connectivity index (χ0v) is 20.9. The van der Waals surface area contributed by atoms with Gasteiger partial charge in [0, 0.05) is 10.8 Å². The Bertz CT molecular complexity index is 1250. The fourth-order valence-corrected chi connectivity index (χ4v) is 9.23. The van der Waals surface area contributed by atoms with E-state index < -0.39 is 0 Å². The lowest BCUT2D eigenvalue weighted by molar-refractivity contribution is -0.0182. The fraction of sp³-hybridized carbons (Fsp3) is 0.556. The molecule has 0 saturated heterocycles. The molecule has 0 heterocycles. The Balaban J connectivity index is 0.958. The lowest BCUT2D eigenvalue weighted by Crippen LogP contribution is -2.45. The second kappa shape index (κ2) is 9.85. The van der Waals surface area contributed by atoms with E-state index in [1.165, 1.54) is 77.0 Å². The summed E-state index contributed by atoms with van der Waals surface area (Å²) in [6.07, 6.45) is 16.3. The molecule has 0 nitrogen and oxygen atoms in total. The zero-order valence-electron chi connectivity index (χ0n) is 20.9. The Labute approximate surface area is 217 Å². The van der Waals surface area contributed by atoms with Gasteiger partial charge in [-0.2, -0.15) is 0 Å². The minimum absolute atomic E-state index is 0.249. The summed E-state index contributed by atoms with van der Waals surface area (Å²) in [6, 6.07) is 0. The lowest BCUT2D eigenvalue weighted by atomic mass is 9.50. The molecule has 0 radical (unpaired) electrons. The summed E-state index contributed by atoms with van der Waals surface area (Å²) in [5.41, 5.74) is 0.497. The highest BCUT2D eigenvalue weighted by Gasteiger charge is 2.51.